The molecule has 2 aromatic rings. The molecule has 0 bridgehead atoms. The smallest absolute Gasteiger partial charge is 0.259 e. The molecule has 0 aromatic carbocycles. The average Bonchev–Trinajstić information content (AvgIpc) is 3.01. The number of nitrogens with zero attached hydrogens (tertiary/aromatic N) is 3. The number of likely N-dealkylation sites (tertiary alicyclic amines) is 1. The minimum atomic E-state index is -0.0112. The molecule has 0 radical (unpaired) electrons. The van der Waals surface area contributed by atoms with Crippen LogP contribution in [0.1, 0.15) is 39.8 Å². The van der Waals surface area contributed by atoms with Crippen LogP contribution in [0.15, 0.2) is 23.7 Å². The van der Waals surface area contributed by atoms with Crippen LogP contribution in [0.5, 0.6) is 5.88 Å². The van der Waals surface area contributed by atoms with Crippen LogP contribution in [0.3, 0.4) is 0 Å². The van der Waals surface area contributed by atoms with Crippen molar-refractivity contribution < 1.29 is 9.53 Å². The van der Waals surface area contributed by atoms with Gasteiger partial charge in [-0.3, -0.25) is 4.79 Å². The predicted molar refractivity (Wildman–Crippen MR) is 85.5 cm³/mol. The Hall–Kier alpha value is -1.95. The zero-order valence-corrected chi connectivity index (χ0v) is 13.6. The Morgan fingerprint density at radius 1 is 1.50 bits per heavy atom. The van der Waals surface area contributed by atoms with Crippen molar-refractivity contribution in [2.45, 2.75) is 25.7 Å². The van der Waals surface area contributed by atoms with E-state index >= 15 is 0 Å². The monoisotopic (exact) mass is 317 g/mol. The van der Waals surface area contributed by atoms with E-state index in [1.807, 2.05) is 11.8 Å². The fraction of sp³-hybridized carbons (Fsp3) is 0.438. The lowest BCUT2D eigenvalue weighted by Gasteiger charge is -2.32. The lowest BCUT2D eigenvalue weighted by atomic mass is 9.98. The number of piperidine rings is 1. The minimum Gasteiger partial charge on any atom is -0.480 e. The van der Waals surface area contributed by atoms with E-state index in [0.29, 0.717) is 23.9 Å². The fourth-order valence-corrected chi connectivity index (χ4v) is 3.73. The number of hydrogen-bond donors (Lipinski definition) is 0. The quantitative estimate of drug-likeness (QED) is 0.873. The van der Waals surface area contributed by atoms with Gasteiger partial charge in [0.05, 0.1) is 12.1 Å². The molecular weight excluding hydrogens is 298 g/mol. The molecule has 0 saturated carbocycles. The molecule has 0 aliphatic carbocycles. The highest BCUT2D eigenvalue weighted by atomic mass is 32.1. The number of aryl methyl sites for hydroxylation is 1. The molecule has 0 spiro atoms. The van der Waals surface area contributed by atoms with Crippen LogP contribution < -0.4 is 4.74 Å². The maximum atomic E-state index is 12.8. The summed E-state index contributed by atoms with van der Waals surface area (Å²) in [5.41, 5.74) is 1.58. The molecule has 1 amide bonds. The summed E-state index contributed by atoms with van der Waals surface area (Å²) in [5, 5.41) is 3.20. The van der Waals surface area contributed by atoms with Gasteiger partial charge in [-0.25, -0.2) is 9.97 Å². The number of carbonyl (C=O) groups is 1. The number of hydrogen-bond acceptors (Lipinski definition) is 5. The highest BCUT2D eigenvalue weighted by Gasteiger charge is 2.28. The molecular formula is C16H19N3O2S. The van der Waals surface area contributed by atoms with Crippen LogP contribution in [0, 0.1) is 6.92 Å². The Morgan fingerprint density at radius 3 is 3.09 bits per heavy atom. The van der Waals surface area contributed by atoms with Gasteiger partial charge in [0.1, 0.15) is 5.56 Å². The zero-order chi connectivity index (χ0) is 15.5. The standard InChI is InChI=1S/C16H19N3O2S/c1-11-10-22-15(18-11)12-5-4-8-19(9-12)16(20)13-6-3-7-17-14(13)21-2/h3,6-7,10,12H,4-5,8-9H2,1-2H3/t12-/m1/s1. The first kappa shape index (κ1) is 15.0. The van der Waals surface area contributed by atoms with Gasteiger partial charge in [-0.05, 0) is 31.9 Å². The first-order chi connectivity index (χ1) is 10.7. The van der Waals surface area contributed by atoms with Gasteiger partial charge < -0.3 is 9.64 Å². The van der Waals surface area contributed by atoms with Crippen molar-refractivity contribution >= 4 is 17.2 Å². The van der Waals surface area contributed by atoms with Crippen molar-refractivity contribution in [1.29, 1.82) is 0 Å². The third-order valence-electron chi connectivity index (χ3n) is 3.89. The molecule has 1 atom stereocenters. The van der Waals surface area contributed by atoms with Crippen molar-refractivity contribution in [2.24, 2.45) is 0 Å². The van der Waals surface area contributed by atoms with E-state index in [1.54, 1.807) is 29.7 Å². The number of amides is 1. The first-order valence-electron chi connectivity index (χ1n) is 7.39. The Bertz CT molecular complexity index is 671. The van der Waals surface area contributed by atoms with Crippen LogP contribution in [0.25, 0.3) is 0 Å². The molecule has 0 unspecified atom stereocenters. The van der Waals surface area contributed by atoms with Crippen LogP contribution in [0.2, 0.25) is 0 Å². The van der Waals surface area contributed by atoms with Gasteiger partial charge in [-0.1, -0.05) is 0 Å². The molecule has 2 aromatic heterocycles. The van der Waals surface area contributed by atoms with Crippen molar-refractivity contribution in [3.8, 4) is 5.88 Å². The number of ether oxygens (including phenoxy) is 1. The average molecular weight is 317 g/mol. The summed E-state index contributed by atoms with van der Waals surface area (Å²) >= 11 is 1.69. The van der Waals surface area contributed by atoms with Crippen molar-refractivity contribution in [1.82, 2.24) is 14.9 Å². The van der Waals surface area contributed by atoms with E-state index in [4.69, 9.17) is 4.74 Å². The molecule has 22 heavy (non-hydrogen) atoms. The van der Waals surface area contributed by atoms with Gasteiger partial charge in [0.15, 0.2) is 0 Å². The number of methoxy groups -OCH3 is 1. The largest absolute Gasteiger partial charge is 0.480 e. The van der Waals surface area contributed by atoms with E-state index in [0.717, 1.165) is 30.1 Å². The molecule has 3 heterocycles. The van der Waals surface area contributed by atoms with Gasteiger partial charge in [0.2, 0.25) is 5.88 Å². The highest BCUT2D eigenvalue weighted by Crippen LogP contribution is 2.30. The predicted octanol–water partition coefficient (Wildman–Crippen LogP) is 2.87. The third-order valence-corrected chi connectivity index (χ3v) is 5.01. The molecule has 1 aliphatic rings. The number of pyridine rings is 1. The number of carbonyl (C=O) groups excluding carboxylic acids is 1. The van der Waals surface area contributed by atoms with Gasteiger partial charge >= 0.3 is 0 Å². The molecule has 6 heteroatoms. The first-order valence-corrected chi connectivity index (χ1v) is 8.27. The molecule has 116 valence electrons. The third kappa shape index (κ3) is 2.97. The SMILES string of the molecule is COc1ncccc1C(=O)N1CCC[C@@H](c2nc(C)cs2)C1. The molecule has 1 fully saturated rings. The molecule has 0 N–H and O–H groups in total. The maximum absolute atomic E-state index is 12.8. The topological polar surface area (TPSA) is 55.3 Å². The zero-order valence-electron chi connectivity index (χ0n) is 12.8. The Morgan fingerprint density at radius 2 is 2.36 bits per heavy atom. The van der Waals surface area contributed by atoms with Gasteiger partial charge in [0.25, 0.3) is 5.91 Å². The van der Waals surface area contributed by atoms with Crippen molar-refractivity contribution in [3.05, 3.63) is 40.0 Å². The normalized spacial score (nSPS) is 18.3. The summed E-state index contributed by atoms with van der Waals surface area (Å²) < 4.78 is 5.20. The van der Waals surface area contributed by atoms with Crippen LogP contribution in [-0.2, 0) is 0 Å². The minimum absolute atomic E-state index is 0.0112. The van der Waals surface area contributed by atoms with Crippen molar-refractivity contribution in [2.75, 3.05) is 20.2 Å². The van der Waals surface area contributed by atoms with Crippen LogP contribution in [0.4, 0.5) is 0 Å². The second-order valence-electron chi connectivity index (χ2n) is 5.48. The molecule has 3 rings (SSSR count). The lowest BCUT2D eigenvalue weighted by Crippen LogP contribution is -2.39. The fourth-order valence-electron chi connectivity index (χ4n) is 2.81. The molecule has 1 saturated heterocycles. The van der Waals surface area contributed by atoms with E-state index in [-0.39, 0.29) is 5.91 Å². The summed E-state index contributed by atoms with van der Waals surface area (Å²) in [7, 11) is 1.54. The van der Waals surface area contributed by atoms with Crippen molar-refractivity contribution in [3.63, 3.8) is 0 Å². The summed E-state index contributed by atoms with van der Waals surface area (Å²) in [6, 6.07) is 3.53. The van der Waals surface area contributed by atoms with Gasteiger partial charge in [-0.2, -0.15) is 0 Å². The number of aromatic nitrogens is 2. The number of thiazole rings is 1. The lowest BCUT2D eigenvalue weighted by molar-refractivity contribution is 0.0703. The second kappa shape index (κ2) is 6.44. The summed E-state index contributed by atoms with van der Waals surface area (Å²) in [5.74, 6) is 0.710. The van der Waals surface area contributed by atoms with E-state index in [2.05, 4.69) is 15.3 Å². The number of rotatable bonds is 3. The Balaban J connectivity index is 1.78. The molecule has 1 aliphatic heterocycles. The summed E-state index contributed by atoms with van der Waals surface area (Å²) in [6.07, 6.45) is 3.71. The van der Waals surface area contributed by atoms with Gasteiger partial charge in [0, 0.05) is 36.3 Å². The highest BCUT2D eigenvalue weighted by molar-refractivity contribution is 7.09. The summed E-state index contributed by atoms with van der Waals surface area (Å²) in [4.78, 5) is 23.3. The Kier molecular flexibility index (Phi) is 4.38. The Labute approximate surface area is 134 Å². The van der Waals surface area contributed by atoms with Crippen LogP contribution in [-0.4, -0.2) is 41.0 Å². The second-order valence-corrected chi connectivity index (χ2v) is 6.37. The van der Waals surface area contributed by atoms with Crippen LogP contribution >= 0.6 is 11.3 Å². The summed E-state index contributed by atoms with van der Waals surface area (Å²) in [6.45, 7) is 3.49. The maximum Gasteiger partial charge on any atom is 0.259 e. The molecule has 5 nitrogen and oxygen atoms in total. The van der Waals surface area contributed by atoms with E-state index in [9.17, 15) is 4.79 Å². The van der Waals surface area contributed by atoms with E-state index < -0.39 is 0 Å². The van der Waals surface area contributed by atoms with Gasteiger partial charge in [-0.15, -0.1) is 11.3 Å². The van der Waals surface area contributed by atoms with E-state index in [1.165, 1.54) is 7.11 Å².